The summed E-state index contributed by atoms with van der Waals surface area (Å²) in [5.41, 5.74) is 4.16. The Morgan fingerprint density at radius 2 is 2.25 bits per heavy atom. The number of hydrogen-bond donors (Lipinski definition) is 2. The average Bonchev–Trinajstić information content (AvgIpc) is 2.84. The second kappa shape index (κ2) is 6.63. The number of halogens is 1. The third-order valence-electron chi connectivity index (χ3n) is 3.39. The number of nitrogens with one attached hydrogen (secondary N) is 1. The number of hydrazine groups is 1. The monoisotopic (exact) mass is 276 g/mol. The lowest BCUT2D eigenvalue weighted by Gasteiger charge is -2.18. The maximum atomic E-state index is 14.0. The third-order valence-corrected chi connectivity index (χ3v) is 3.39. The van der Waals surface area contributed by atoms with Gasteiger partial charge in [0.2, 0.25) is 0 Å². The van der Waals surface area contributed by atoms with Crippen LogP contribution in [-0.4, -0.2) is 9.55 Å². The van der Waals surface area contributed by atoms with Gasteiger partial charge in [0.05, 0.1) is 6.04 Å². The van der Waals surface area contributed by atoms with Gasteiger partial charge in [0.1, 0.15) is 11.6 Å². The predicted octanol–water partition coefficient (Wildman–Crippen LogP) is 2.49. The molecule has 0 bridgehead atoms. The second-order valence-corrected chi connectivity index (χ2v) is 4.99. The van der Waals surface area contributed by atoms with E-state index in [1.807, 2.05) is 19.2 Å². The molecule has 2 rings (SSSR count). The predicted molar refractivity (Wildman–Crippen MR) is 77.4 cm³/mol. The van der Waals surface area contributed by atoms with Crippen LogP contribution in [0.5, 0.6) is 0 Å². The van der Waals surface area contributed by atoms with Crippen molar-refractivity contribution in [2.45, 2.75) is 39.3 Å². The highest BCUT2D eigenvalue weighted by Crippen LogP contribution is 2.21. The maximum absolute atomic E-state index is 14.0. The Kier molecular flexibility index (Phi) is 4.87. The highest BCUT2D eigenvalue weighted by atomic mass is 19.1. The van der Waals surface area contributed by atoms with Gasteiger partial charge in [-0.05, 0) is 25.0 Å². The van der Waals surface area contributed by atoms with Crippen molar-refractivity contribution in [3.63, 3.8) is 0 Å². The first kappa shape index (κ1) is 14.7. The number of aromatic nitrogens is 2. The molecule has 0 radical (unpaired) electrons. The van der Waals surface area contributed by atoms with Gasteiger partial charge < -0.3 is 4.57 Å². The van der Waals surface area contributed by atoms with Gasteiger partial charge in [-0.2, -0.15) is 0 Å². The van der Waals surface area contributed by atoms with Crippen LogP contribution in [0.15, 0.2) is 30.6 Å². The summed E-state index contributed by atoms with van der Waals surface area (Å²) in [7, 11) is 0. The number of nitrogens with zero attached hydrogens (tertiary/aromatic N) is 2. The van der Waals surface area contributed by atoms with Crippen molar-refractivity contribution in [2.75, 3.05) is 0 Å². The van der Waals surface area contributed by atoms with E-state index in [0.29, 0.717) is 12.0 Å². The van der Waals surface area contributed by atoms with Gasteiger partial charge in [-0.3, -0.25) is 11.3 Å². The minimum atomic E-state index is -0.284. The standard InChI is InChI=1S/C15H21FN4/c1-3-7-20-8-6-18-15(20)10-14(19-17)12-5-4-11(2)9-13(12)16/h4-6,8-9,14,19H,3,7,10,17H2,1-2H3. The molecule has 4 nitrogen and oxygen atoms in total. The summed E-state index contributed by atoms with van der Waals surface area (Å²) in [5.74, 6) is 6.28. The maximum Gasteiger partial charge on any atom is 0.128 e. The molecule has 0 spiro atoms. The summed E-state index contributed by atoms with van der Waals surface area (Å²) in [6.07, 6.45) is 5.30. The van der Waals surface area contributed by atoms with Gasteiger partial charge in [0, 0.05) is 30.9 Å². The van der Waals surface area contributed by atoms with E-state index in [1.54, 1.807) is 12.3 Å². The van der Waals surface area contributed by atoms with Crippen molar-refractivity contribution in [3.05, 3.63) is 53.4 Å². The Bertz CT molecular complexity index is 565. The summed E-state index contributed by atoms with van der Waals surface area (Å²) < 4.78 is 16.1. The zero-order chi connectivity index (χ0) is 14.5. The quantitative estimate of drug-likeness (QED) is 0.629. The molecule has 1 heterocycles. The zero-order valence-corrected chi connectivity index (χ0v) is 11.9. The molecule has 0 saturated heterocycles. The van der Waals surface area contributed by atoms with E-state index in [-0.39, 0.29) is 11.9 Å². The number of hydrogen-bond acceptors (Lipinski definition) is 3. The molecule has 0 aliphatic heterocycles. The Labute approximate surface area is 118 Å². The summed E-state index contributed by atoms with van der Waals surface area (Å²) in [6.45, 7) is 4.89. The van der Waals surface area contributed by atoms with Crippen molar-refractivity contribution < 1.29 is 4.39 Å². The first-order valence-corrected chi connectivity index (χ1v) is 6.88. The van der Waals surface area contributed by atoms with Crippen LogP contribution in [0.2, 0.25) is 0 Å². The van der Waals surface area contributed by atoms with Gasteiger partial charge in [-0.25, -0.2) is 9.37 Å². The van der Waals surface area contributed by atoms with Gasteiger partial charge in [0.15, 0.2) is 0 Å². The Morgan fingerprint density at radius 3 is 2.90 bits per heavy atom. The number of benzene rings is 1. The molecule has 1 aromatic heterocycles. The molecule has 0 amide bonds. The van der Waals surface area contributed by atoms with E-state index >= 15 is 0 Å². The molecular weight excluding hydrogens is 255 g/mol. The Balaban J connectivity index is 2.22. The number of rotatable bonds is 6. The van der Waals surface area contributed by atoms with Gasteiger partial charge in [-0.1, -0.05) is 19.1 Å². The van der Waals surface area contributed by atoms with Crippen LogP contribution in [0.4, 0.5) is 4.39 Å². The van der Waals surface area contributed by atoms with Crippen LogP contribution in [-0.2, 0) is 13.0 Å². The van der Waals surface area contributed by atoms with E-state index in [2.05, 4.69) is 21.9 Å². The van der Waals surface area contributed by atoms with Crippen LogP contribution >= 0.6 is 0 Å². The lowest BCUT2D eigenvalue weighted by molar-refractivity contribution is 0.489. The lowest BCUT2D eigenvalue weighted by atomic mass is 10.0. The van der Waals surface area contributed by atoms with Crippen molar-refractivity contribution in [3.8, 4) is 0 Å². The Morgan fingerprint density at radius 1 is 1.45 bits per heavy atom. The number of imidazole rings is 1. The molecule has 108 valence electrons. The summed E-state index contributed by atoms with van der Waals surface area (Å²) >= 11 is 0. The second-order valence-electron chi connectivity index (χ2n) is 4.99. The van der Waals surface area contributed by atoms with Crippen LogP contribution in [0.3, 0.4) is 0 Å². The molecule has 0 aliphatic carbocycles. The normalized spacial score (nSPS) is 12.6. The van der Waals surface area contributed by atoms with Crippen LogP contribution < -0.4 is 11.3 Å². The molecule has 1 aromatic carbocycles. The van der Waals surface area contributed by atoms with Gasteiger partial charge in [-0.15, -0.1) is 0 Å². The molecule has 2 aromatic rings. The van der Waals surface area contributed by atoms with Gasteiger partial charge >= 0.3 is 0 Å². The number of nitrogens with two attached hydrogens (primary N) is 1. The molecule has 0 aliphatic rings. The van der Waals surface area contributed by atoms with E-state index in [0.717, 1.165) is 24.4 Å². The Hall–Kier alpha value is -1.72. The molecule has 3 N–H and O–H groups in total. The molecule has 1 unspecified atom stereocenters. The first-order chi connectivity index (χ1) is 9.65. The highest BCUT2D eigenvalue weighted by molar-refractivity contribution is 5.26. The largest absolute Gasteiger partial charge is 0.335 e. The molecule has 20 heavy (non-hydrogen) atoms. The first-order valence-electron chi connectivity index (χ1n) is 6.88. The molecule has 5 heteroatoms. The fourth-order valence-electron chi connectivity index (χ4n) is 2.33. The van der Waals surface area contributed by atoms with E-state index in [9.17, 15) is 4.39 Å². The molecule has 0 saturated carbocycles. The van der Waals surface area contributed by atoms with E-state index < -0.39 is 0 Å². The highest BCUT2D eigenvalue weighted by Gasteiger charge is 2.17. The fraction of sp³-hybridized carbons (Fsp3) is 0.400. The van der Waals surface area contributed by atoms with Crippen molar-refractivity contribution in [2.24, 2.45) is 5.84 Å². The van der Waals surface area contributed by atoms with Crippen LogP contribution in [0.1, 0.15) is 36.3 Å². The van der Waals surface area contributed by atoms with Crippen LogP contribution in [0.25, 0.3) is 0 Å². The van der Waals surface area contributed by atoms with Crippen molar-refractivity contribution in [1.29, 1.82) is 0 Å². The SMILES string of the molecule is CCCn1ccnc1CC(NN)c1ccc(C)cc1F. The summed E-state index contributed by atoms with van der Waals surface area (Å²) in [5, 5.41) is 0. The topological polar surface area (TPSA) is 55.9 Å². The summed E-state index contributed by atoms with van der Waals surface area (Å²) in [6, 6.07) is 4.91. The summed E-state index contributed by atoms with van der Waals surface area (Å²) in [4.78, 5) is 4.34. The minimum absolute atomic E-state index is 0.235. The van der Waals surface area contributed by atoms with Gasteiger partial charge in [0.25, 0.3) is 0 Å². The zero-order valence-electron chi connectivity index (χ0n) is 11.9. The van der Waals surface area contributed by atoms with E-state index in [4.69, 9.17) is 5.84 Å². The average molecular weight is 276 g/mol. The molecule has 0 fully saturated rings. The number of aryl methyl sites for hydroxylation is 2. The smallest absolute Gasteiger partial charge is 0.128 e. The third kappa shape index (κ3) is 3.23. The fourth-order valence-corrected chi connectivity index (χ4v) is 2.33. The van der Waals surface area contributed by atoms with E-state index in [1.165, 1.54) is 6.07 Å². The molecule has 1 atom stereocenters. The van der Waals surface area contributed by atoms with Crippen LogP contribution in [0, 0.1) is 12.7 Å². The lowest BCUT2D eigenvalue weighted by Crippen LogP contribution is -2.31. The minimum Gasteiger partial charge on any atom is -0.335 e. The van der Waals surface area contributed by atoms with Crippen molar-refractivity contribution >= 4 is 0 Å². The molecular formula is C15H21FN4. The van der Waals surface area contributed by atoms with Crippen molar-refractivity contribution in [1.82, 2.24) is 15.0 Å².